The normalized spacial score (nSPS) is 10.5. The van der Waals surface area contributed by atoms with Crippen molar-refractivity contribution in [3.8, 4) is 0 Å². The van der Waals surface area contributed by atoms with Crippen LogP contribution in [0.15, 0.2) is 12.1 Å². The number of carbonyl (C=O) groups is 1. The minimum atomic E-state index is -1.19. The predicted octanol–water partition coefficient (Wildman–Crippen LogP) is 0.476. The lowest BCUT2D eigenvalue weighted by molar-refractivity contribution is 0.0683. The van der Waals surface area contributed by atoms with Crippen molar-refractivity contribution in [2.45, 2.75) is 0 Å². The molecule has 0 bridgehead atoms. The Morgan fingerprint density at radius 1 is 1.46 bits per heavy atom. The SMILES string of the molecule is O=C(O)c1nc2ccc(Cl)nn2n1. The van der Waals surface area contributed by atoms with Gasteiger partial charge in [0, 0.05) is 0 Å². The molecule has 0 saturated carbocycles. The first kappa shape index (κ1) is 7.93. The Labute approximate surface area is 76.8 Å². The Kier molecular flexibility index (Phi) is 1.63. The van der Waals surface area contributed by atoms with Crippen molar-refractivity contribution < 1.29 is 9.90 Å². The van der Waals surface area contributed by atoms with Crippen molar-refractivity contribution >= 4 is 23.2 Å². The van der Waals surface area contributed by atoms with Gasteiger partial charge < -0.3 is 5.11 Å². The lowest BCUT2D eigenvalue weighted by Gasteiger charge is -1.88. The number of rotatable bonds is 1. The average molecular weight is 199 g/mol. The van der Waals surface area contributed by atoms with Crippen LogP contribution in [0.5, 0.6) is 0 Å². The Morgan fingerprint density at radius 2 is 2.23 bits per heavy atom. The van der Waals surface area contributed by atoms with E-state index in [2.05, 4.69) is 15.2 Å². The number of aromatic carboxylic acids is 1. The molecule has 0 aliphatic carbocycles. The third-order valence-corrected chi connectivity index (χ3v) is 1.57. The molecule has 1 N–H and O–H groups in total. The Balaban J connectivity index is 2.68. The highest BCUT2D eigenvalue weighted by Crippen LogP contribution is 2.05. The zero-order valence-corrected chi connectivity index (χ0v) is 6.93. The molecule has 2 rings (SSSR count). The van der Waals surface area contributed by atoms with Crippen LogP contribution in [0.4, 0.5) is 0 Å². The van der Waals surface area contributed by atoms with Crippen LogP contribution >= 0.6 is 11.6 Å². The molecule has 0 saturated heterocycles. The fourth-order valence-corrected chi connectivity index (χ4v) is 0.986. The van der Waals surface area contributed by atoms with Crippen molar-refractivity contribution in [1.82, 2.24) is 19.8 Å². The predicted molar refractivity (Wildman–Crippen MR) is 42.8 cm³/mol. The summed E-state index contributed by atoms with van der Waals surface area (Å²) in [6.07, 6.45) is 0. The van der Waals surface area contributed by atoms with Crippen LogP contribution in [-0.4, -0.2) is 30.9 Å². The largest absolute Gasteiger partial charge is 0.475 e. The van der Waals surface area contributed by atoms with Crippen LogP contribution in [0.25, 0.3) is 5.65 Å². The third kappa shape index (κ3) is 1.31. The van der Waals surface area contributed by atoms with Gasteiger partial charge in [-0.25, -0.2) is 4.79 Å². The second kappa shape index (κ2) is 2.67. The van der Waals surface area contributed by atoms with E-state index in [1.165, 1.54) is 12.1 Å². The lowest BCUT2D eigenvalue weighted by atomic mass is 10.5. The number of hydrogen-bond acceptors (Lipinski definition) is 4. The van der Waals surface area contributed by atoms with E-state index in [1.807, 2.05) is 0 Å². The summed E-state index contributed by atoms with van der Waals surface area (Å²) < 4.78 is 1.08. The van der Waals surface area contributed by atoms with Crippen molar-refractivity contribution in [2.75, 3.05) is 0 Å². The molecule has 6 nitrogen and oxygen atoms in total. The maximum absolute atomic E-state index is 10.5. The van der Waals surface area contributed by atoms with Gasteiger partial charge >= 0.3 is 5.97 Å². The second-order valence-corrected chi connectivity index (χ2v) is 2.63. The van der Waals surface area contributed by atoms with Gasteiger partial charge in [-0.3, -0.25) is 0 Å². The Morgan fingerprint density at radius 3 is 2.92 bits per heavy atom. The summed E-state index contributed by atoms with van der Waals surface area (Å²) in [5, 5.41) is 16.1. The van der Waals surface area contributed by atoms with Gasteiger partial charge in [-0.15, -0.1) is 14.8 Å². The number of nitrogens with zero attached hydrogens (tertiary/aromatic N) is 4. The fourth-order valence-electron chi connectivity index (χ4n) is 0.852. The van der Waals surface area contributed by atoms with Gasteiger partial charge in [-0.1, -0.05) is 11.6 Å². The Hall–Kier alpha value is -1.69. The molecule has 2 aromatic heterocycles. The first-order valence-corrected chi connectivity index (χ1v) is 3.67. The van der Waals surface area contributed by atoms with E-state index in [-0.39, 0.29) is 11.0 Å². The first-order valence-electron chi connectivity index (χ1n) is 3.30. The average Bonchev–Trinajstić information content (AvgIpc) is 2.46. The number of fused-ring (bicyclic) bond motifs is 1. The van der Waals surface area contributed by atoms with Gasteiger partial charge in [0.25, 0.3) is 5.82 Å². The standard InChI is InChI=1S/C6H3ClN4O2/c7-3-1-2-4-8-5(6(12)13)10-11(4)9-3/h1-2H,(H,12,13). The van der Waals surface area contributed by atoms with Gasteiger partial charge in [0.05, 0.1) is 0 Å². The van der Waals surface area contributed by atoms with Crippen LogP contribution < -0.4 is 0 Å². The number of aromatic nitrogens is 4. The zero-order chi connectivity index (χ0) is 9.42. The number of carboxylic acids is 1. The number of halogens is 1. The van der Waals surface area contributed by atoms with Crippen molar-refractivity contribution in [2.24, 2.45) is 0 Å². The van der Waals surface area contributed by atoms with E-state index in [1.54, 1.807) is 0 Å². The van der Waals surface area contributed by atoms with Crippen molar-refractivity contribution in [3.05, 3.63) is 23.1 Å². The molecular formula is C6H3ClN4O2. The molecule has 0 aliphatic heterocycles. The molecule has 0 fully saturated rings. The molecule has 0 atom stereocenters. The molecule has 0 radical (unpaired) electrons. The molecule has 0 aliphatic rings. The van der Waals surface area contributed by atoms with Gasteiger partial charge in [0.1, 0.15) is 0 Å². The number of hydrogen-bond donors (Lipinski definition) is 1. The highest BCUT2D eigenvalue weighted by molar-refractivity contribution is 6.29. The molecule has 2 aromatic rings. The van der Waals surface area contributed by atoms with Crippen LogP contribution in [0.2, 0.25) is 5.15 Å². The molecule has 0 spiro atoms. The highest BCUT2D eigenvalue weighted by atomic mass is 35.5. The molecule has 0 unspecified atom stereocenters. The van der Waals surface area contributed by atoms with Gasteiger partial charge in [0.2, 0.25) is 0 Å². The lowest BCUT2D eigenvalue weighted by Crippen LogP contribution is -2.00. The molecule has 7 heteroatoms. The molecule has 66 valence electrons. The van der Waals surface area contributed by atoms with E-state index >= 15 is 0 Å². The monoisotopic (exact) mass is 198 g/mol. The summed E-state index contributed by atoms with van der Waals surface area (Å²) >= 11 is 5.56. The second-order valence-electron chi connectivity index (χ2n) is 2.24. The van der Waals surface area contributed by atoms with E-state index < -0.39 is 5.97 Å². The van der Waals surface area contributed by atoms with Crippen LogP contribution in [-0.2, 0) is 0 Å². The number of carboxylic acid groups (broad SMARTS) is 1. The highest BCUT2D eigenvalue weighted by Gasteiger charge is 2.10. The minimum absolute atomic E-state index is 0.231. The van der Waals surface area contributed by atoms with Gasteiger partial charge in [0.15, 0.2) is 10.8 Å². The molecule has 0 amide bonds. The first-order chi connectivity index (χ1) is 6.16. The molecular weight excluding hydrogens is 196 g/mol. The smallest absolute Gasteiger partial charge is 0.375 e. The van der Waals surface area contributed by atoms with Crippen molar-refractivity contribution in [1.29, 1.82) is 0 Å². The maximum Gasteiger partial charge on any atom is 0.375 e. The van der Waals surface area contributed by atoms with Crippen molar-refractivity contribution in [3.63, 3.8) is 0 Å². The molecule has 13 heavy (non-hydrogen) atoms. The summed E-state index contributed by atoms with van der Waals surface area (Å²) in [7, 11) is 0. The third-order valence-electron chi connectivity index (χ3n) is 1.37. The van der Waals surface area contributed by atoms with Gasteiger partial charge in [-0.05, 0) is 12.1 Å². The summed E-state index contributed by atoms with van der Waals surface area (Å²) in [5.74, 6) is -1.49. The quantitative estimate of drug-likeness (QED) is 0.721. The topological polar surface area (TPSA) is 80.4 Å². The Bertz CT molecular complexity index is 480. The fraction of sp³-hybridized carbons (Fsp3) is 0. The minimum Gasteiger partial charge on any atom is -0.475 e. The molecule has 0 aromatic carbocycles. The van der Waals surface area contributed by atoms with Crippen LogP contribution in [0.3, 0.4) is 0 Å². The maximum atomic E-state index is 10.5. The summed E-state index contributed by atoms with van der Waals surface area (Å²) in [5.41, 5.74) is 0.349. The molecule has 2 heterocycles. The summed E-state index contributed by atoms with van der Waals surface area (Å²) in [4.78, 5) is 14.1. The van der Waals surface area contributed by atoms with E-state index in [0.29, 0.717) is 5.65 Å². The van der Waals surface area contributed by atoms with Gasteiger partial charge in [-0.2, -0.15) is 4.98 Å². The van der Waals surface area contributed by atoms with E-state index in [0.717, 1.165) is 4.63 Å². The van der Waals surface area contributed by atoms with Crippen LogP contribution in [0.1, 0.15) is 10.6 Å². The summed E-state index contributed by atoms with van der Waals surface area (Å²) in [6, 6.07) is 3.05. The summed E-state index contributed by atoms with van der Waals surface area (Å²) in [6.45, 7) is 0. The van der Waals surface area contributed by atoms with Crippen LogP contribution in [0, 0.1) is 0 Å². The van der Waals surface area contributed by atoms with E-state index in [4.69, 9.17) is 16.7 Å². The van der Waals surface area contributed by atoms with E-state index in [9.17, 15) is 4.79 Å². The zero-order valence-electron chi connectivity index (χ0n) is 6.18.